The van der Waals surface area contributed by atoms with E-state index in [2.05, 4.69) is 25.8 Å². The second kappa shape index (κ2) is 3.82. The molecule has 0 aliphatic rings. The molecule has 0 atom stereocenters. The zero-order chi connectivity index (χ0) is 10.8. The number of carbonyl (C=O) groups excluding carboxylic acids is 1. The molecule has 0 saturated carbocycles. The van der Waals surface area contributed by atoms with E-state index in [1.807, 2.05) is 0 Å². The van der Waals surface area contributed by atoms with Gasteiger partial charge in [-0.3, -0.25) is 4.79 Å². The van der Waals surface area contributed by atoms with Crippen LogP contribution in [-0.4, -0.2) is 10.9 Å². The summed E-state index contributed by atoms with van der Waals surface area (Å²) in [5.74, 6) is 0.0319. The van der Waals surface area contributed by atoms with Crippen molar-refractivity contribution in [1.29, 1.82) is 0 Å². The number of nitrogens with two attached hydrogens (primary N) is 1. The molecular formula is C10H16N2O2. The van der Waals surface area contributed by atoms with Gasteiger partial charge in [-0.15, -0.1) is 0 Å². The van der Waals surface area contributed by atoms with Crippen molar-refractivity contribution >= 4 is 5.91 Å². The van der Waals surface area contributed by atoms with Crippen LogP contribution in [0, 0.1) is 5.41 Å². The van der Waals surface area contributed by atoms with Crippen LogP contribution in [0.25, 0.3) is 0 Å². The summed E-state index contributed by atoms with van der Waals surface area (Å²) in [5, 5.41) is 0. The van der Waals surface area contributed by atoms with Gasteiger partial charge in [-0.1, -0.05) is 20.8 Å². The lowest BCUT2D eigenvalue weighted by Crippen LogP contribution is -2.11. The third kappa shape index (κ3) is 3.20. The van der Waals surface area contributed by atoms with Crippen molar-refractivity contribution < 1.29 is 9.21 Å². The smallest absolute Gasteiger partial charge is 0.270 e. The zero-order valence-corrected chi connectivity index (χ0v) is 8.83. The fraction of sp³-hybridized carbons (Fsp3) is 0.600. The van der Waals surface area contributed by atoms with E-state index >= 15 is 0 Å². The topological polar surface area (TPSA) is 69.1 Å². The van der Waals surface area contributed by atoms with Crippen LogP contribution in [0.2, 0.25) is 0 Å². The number of amides is 1. The molecule has 0 bridgehead atoms. The predicted molar refractivity (Wildman–Crippen MR) is 52.8 cm³/mol. The van der Waals surface area contributed by atoms with Crippen LogP contribution < -0.4 is 5.73 Å². The number of rotatable bonds is 3. The highest BCUT2D eigenvalue weighted by molar-refractivity contribution is 5.90. The van der Waals surface area contributed by atoms with Crippen LogP contribution in [0.4, 0.5) is 0 Å². The van der Waals surface area contributed by atoms with Crippen molar-refractivity contribution in [3.63, 3.8) is 0 Å². The second-order valence-electron chi connectivity index (χ2n) is 4.55. The van der Waals surface area contributed by atoms with Gasteiger partial charge in [0.1, 0.15) is 6.26 Å². The SMILES string of the molecule is CC(C)(C)CCc1nc(C(N)=O)co1. The molecule has 0 saturated heterocycles. The third-order valence-electron chi connectivity index (χ3n) is 1.89. The van der Waals surface area contributed by atoms with Gasteiger partial charge in [0.05, 0.1) is 0 Å². The van der Waals surface area contributed by atoms with Gasteiger partial charge >= 0.3 is 0 Å². The van der Waals surface area contributed by atoms with E-state index in [1.54, 1.807) is 0 Å². The molecule has 0 fully saturated rings. The van der Waals surface area contributed by atoms with Gasteiger partial charge in [-0.05, 0) is 11.8 Å². The number of aromatic nitrogens is 1. The summed E-state index contributed by atoms with van der Waals surface area (Å²) in [6, 6.07) is 0. The summed E-state index contributed by atoms with van der Waals surface area (Å²) in [5.41, 5.74) is 5.49. The Labute approximate surface area is 83.5 Å². The second-order valence-corrected chi connectivity index (χ2v) is 4.55. The van der Waals surface area contributed by atoms with Gasteiger partial charge in [-0.2, -0.15) is 0 Å². The fourth-order valence-electron chi connectivity index (χ4n) is 1.02. The van der Waals surface area contributed by atoms with Crippen LogP contribution in [0.1, 0.15) is 43.6 Å². The zero-order valence-electron chi connectivity index (χ0n) is 8.83. The highest BCUT2D eigenvalue weighted by Crippen LogP contribution is 2.20. The number of aryl methyl sites for hydroxylation is 1. The Morgan fingerprint density at radius 3 is 2.64 bits per heavy atom. The Kier molecular flexibility index (Phi) is 2.93. The van der Waals surface area contributed by atoms with E-state index in [4.69, 9.17) is 10.2 Å². The van der Waals surface area contributed by atoms with Crippen LogP contribution in [0.5, 0.6) is 0 Å². The minimum Gasteiger partial charge on any atom is -0.448 e. The van der Waals surface area contributed by atoms with Crippen molar-refractivity contribution in [2.75, 3.05) is 0 Å². The van der Waals surface area contributed by atoms with Crippen LogP contribution >= 0.6 is 0 Å². The van der Waals surface area contributed by atoms with Crippen molar-refractivity contribution in [1.82, 2.24) is 4.98 Å². The molecule has 0 spiro atoms. The maximum absolute atomic E-state index is 10.7. The lowest BCUT2D eigenvalue weighted by Gasteiger charge is -2.15. The Morgan fingerprint density at radius 1 is 1.57 bits per heavy atom. The Hall–Kier alpha value is -1.32. The summed E-state index contributed by atoms with van der Waals surface area (Å²) >= 11 is 0. The molecule has 78 valence electrons. The monoisotopic (exact) mass is 196 g/mol. The molecule has 0 radical (unpaired) electrons. The first-order valence-corrected chi connectivity index (χ1v) is 4.63. The third-order valence-corrected chi connectivity index (χ3v) is 1.89. The van der Waals surface area contributed by atoms with Gasteiger partial charge in [0.2, 0.25) is 0 Å². The van der Waals surface area contributed by atoms with Gasteiger partial charge in [0.15, 0.2) is 11.6 Å². The molecule has 1 rings (SSSR count). The molecule has 1 aromatic rings. The normalized spacial score (nSPS) is 11.6. The lowest BCUT2D eigenvalue weighted by molar-refractivity contribution is 0.0995. The maximum Gasteiger partial charge on any atom is 0.270 e. The standard InChI is InChI=1S/C10H16N2O2/c1-10(2,3)5-4-8-12-7(6-14-8)9(11)13/h6H,4-5H2,1-3H3,(H2,11,13). The Morgan fingerprint density at radius 2 is 2.21 bits per heavy atom. The van der Waals surface area contributed by atoms with Crippen LogP contribution in [-0.2, 0) is 6.42 Å². The molecule has 1 heterocycles. The van der Waals surface area contributed by atoms with Crippen molar-refractivity contribution in [3.05, 3.63) is 17.8 Å². The number of hydrogen-bond donors (Lipinski definition) is 1. The summed E-state index contributed by atoms with van der Waals surface area (Å²) in [4.78, 5) is 14.7. The minimum absolute atomic E-state index is 0.203. The molecule has 14 heavy (non-hydrogen) atoms. The molecule has 1 amide bonds. The number of carbonyl (C=O) groups is 1. The molecular weight excluding hydrogens is 180 g/mol. The predicted octanol–water partition coefficient (Wildman–Crippen LogP) is 1.75. The molecule has 2 N–H and O–H groups in total. The van der Waals surface area contributed by atoms with Gasteiger partial charge in [-0.25, -0.2) is 4.98 Å². The quantitative estimate of drug-likeness (QED) is 0.800. The van der Waals surface area contributed by atoms with E-state index in [0.717, 1.165) is 12.8 Å². The van der Waals surface area contributed by atoms with Crippen molar-refractivity contribution in [2.24, 2.45) is 11.1 Å². The molecule has 0 aromatic carbocycles. The van der Waals surface area contributed by atoms with Gasteiger partial charge < -0.3 is 10.2 Å². The van der Waals surface area contributed by atoms with E-state index < -0.39 is 5.91 Å². The highest BCUT2D eigenvalue weighted by Gasteiger charge is 2.13. The number of hydrogen-bond acceptors (Lipinski definition) is 3. The minimum atomic E-state index is -0.546. The Balaban J connectivity index is 2.56. The number of primary amides is 1. The van der Waals surface area contributed by atoms with Gasteiger partial charge in [0.25, 0.3) is 5.91 Å². The lowest BCUT2D eigenvalue weighted by atomic mass is 9.91. The van der Waals surface area contributed by atoms with Crippen LogP contribution in [0.3, 0.4) is 0 Å². The van der Waals surface area contributed by atoms with Gasteiger partial charge in [0, 0.05) is 6.42 Å². The first-order chi connectivity index (χ1) is 6.38. The first-order valence-electron chi connectivity index (χ1n) is 4.63. The number of nitrogens with zero attached hydrogens (tertiary/aromatic N) is 1. The van der Waals surface area contributed by atoms with Crippen molar-refractivity contribution in [2.45, 2.75) is 33.6 Å². The molecule has 4 nitrogen and oxygen atoms in total. The first kappa shape index (κ1) is 10.8. The fourth-order valence-corrected chi connectivity index (χ4v) is 1.02. The van der Waals surface area contributed by atoms with E-state index in [-0.39, 0.29) is 11.1 Å². The summed E-state index contributed by atoms with van der Waals surface area (Å²) in [6.45, 7) is 6.43. The van der Waals surface area contributed by atoms with E-state index in [1.165, 1.54) is 6.26 Å². The largest absolute Gasteiger partial charge is 0.448 e. The summed E-state index contributed by atoms with van der Waals surface area (Å²) < 4.78 is 5.11. The number of oxazole rings is 1. The molecule has 4 heteroatoms. The highest BCUT2D eigenvalue weighted by atomic mass is 16.3. The van der Waals surface area contributed by atoms with Crippen LogP contribution in [0.15, 0.2) is 10.7 Å². The maximum atomic E-state index is 10.7. The molecule has 1 aromatic heterocycles. The Bertz CT molecular complexity index is 323. The molecule has 0 aliphatic heterocycles. The average Bonchev–Trinajstić information content (AvgIpc) is 2.47. The van der Waals surface area contributed by atoms with E-state index in [9.17, 15) is 4.79 Å². The van der Waals surface area contributed by atoms with E-state index in [0.29, 0.717) is 5.89 Å². The van der Waals surface area contributed by atoms with Crippen molar-refractivity contribution in [3.8, 4) is 0 Å². The molecule has 0 aliphatic carbocycles. The molecule has 0 unspecified atom stereocenters. The summed E-state index contributed by atoms with van der Waals surface area (Å²) in [7, 11) is 0. The summed E-state index contributed by atoms with van der Waals surface area (Å²) in [6.07, 6.45) is 3.00. The average molecular weight is 196 g/mol.